The van der Waals surface area contributed by atoms with Crippen LogP contribution in [0.2, 0.25) is 0 Å². The summed E-state index contributed by atoms with van der Waals surface area (Å²) in [7, 11) is 0. The molecular formula is C20H19F2N3O5. The molecule has 3 heterocycles. The lowest BCUT2D eigenvalue weighted by atomic mass is 10.1. The molecule has 4 rings (SSSR count). The minimum atomic E-state index is -4.17. The molecule has 2 aliphatic rings. The zero-order valence-corrected chi connectivity index (χ0v) is 14.3. The number of nitrogens with one attached hydrogen (secondary N) is 1. The van der Waals surface area contributed by atoms with Crippen LogP contribution in [0.15, 0.2) is 29.1 Å². The molecule has 0 spiro atoms. The number of carbonyl (C=O) groups excluding carboxylic acids is 2. The Balaban J connectivity index is 1.96. The number of aromatic hydroxyl groups is 1. The standard InChI is InChI=1S/C20H19F2N3O5/c1-10-4-5-30-15-9-24-8-13(17(26)18(27)16(24)20(29)25(10)15)19(28)23-7-11-2-3-12(21)6-14(11)22/h2-3,6,8,10,15,27H,4-5,7,9H2,1H3,(H,23,28)/t10-,15+/m1/s1/i1D3,2D,3D,4D2,5D2,6D,7D2,9D2,10D,15D. The SMILES string of the molecule is [2H]c1c([2H])c(C([2H])([2H])NC(=O)c2cn3c(c(O)c2=O)C(=O)N2[C@]([2H])(C([2H])([2H])[2H])C([2H])([2H])C([2H])([2H])O[C@@]2([2H])C3([2H])[2H])c(F)c([2H])c1F. The first-order valence-electron chi connectivity index (χ1n) is 15.8. The molecule has 0 unspecified atom stereocenters. The van der Waals surface area contributed by atoms with Crippen LogP contribution in [-0.2, 0) is 17.7 Å². The highest BCUT2D eigenvalue weighted by atomic mass is 19.1. The van der Waals surface area contributed by atoms with Crippen molar-refractivity contribution < 1.29 is 50.1 Å². The zero-order chi connectivity index (χ0) is 35.7. The van der Waals surface area contributed by atoms with E-state index in [1.807, 2.05) is 0 Å². The molecule has 158 valence electrons. The number of carbonyl (C=O) groups is 2. The number of amides is 2. The van der Waals surface area contributed by atoms with Gasteiger partial charge in [0.1, 0.15) is 17.2 Å². The third-order valence-corrected chi connectivity index (χ3v) is 3.83. The number of halogens is 2. The number of benzene rings is 1. The Kier molecular flexibility index (Phi) is 2.12. The van der Waals surface area contributed by atoms with E-state index in [0.29, 0.717) is 0 Å². The summed E-state index contributed by atoms with van der Waals surface area (Å²) in [6, 6.07) is -8.73. The number of hydrogen-bond donors (Lipinski definition) is 2. The van der Waals surface area contributed by atoms with Gasteiger partial charge in [-0.3, -0.25) is 14.4 Å². The van der Waals surface area contributed by atoms with Crippen LogP contribution >= 0.6 is 0 Å². The fourth-order valence-electron chi connectivity index (χ4n) is 2.49. The first kappa shape index (κ1) is 8.46. The third kappa shape index (κ3) is 3.32. The number of nitrogens with zero attached hydrogens (tertiary/aromatic N) is 2. The lowest BCUT2D eigenvalue weighted by Gasteiger charge is -2.44. The fraction of sp³-hybridized carbons (Fsp3) is 0.350. The highest BCUT2D eigenvalue weighted by molar-refractivity contribution is 5.99. The van der Waals surface area contributed by atoms with E-state index in [4.69, 9.17) is 26.7 Å². The number of ether oxygens (including phenoxy) is 1. The lowest BCUT2D eigenvalue weighted by Crippen LogP contribution is -2.57. The molecule has 1 aromatic heterocycles. The molecule has 1 saturated heterocycles. The summed E-state index contributed by atoms with van der Waals surface area (Å²) < 4.78 is 161. The first-order valence-corrected chi connectivity index (χ1v) is 7.79. The summed E-state index contributed by atoms with van der Waals surface area (Å²) in [5.74, 6) is -9.83. The minimum Gasteiger partial charge on any atom is -0.503 e. The Labute approximate surface area is 192 Å². The molecule has 10 heteroatoms. The summed E-state index contributed by atoms with van der Waals surface area (Å²) >= 11 is 0. The quantitative estimate of drug-likeness (QED) is 0.758. The topological polar surface area (TPSA) is 101 Å². The molecule has 1 fully saturated rings. The van der Waals surface area contributed by atoms with E-state index < -0.39 is 119 Å². The van der Waals surface area contributed by atoms with Gasteiger partial charge in [-0.25, -0.2) is 8.78 Å². The average Bonchev–Trinajstić information content (AvgIpc) is 2.88. The molecule has 0 aliphatic carbocycles. The Morgan fingerprint density at radius 2 is 2.33 bits per heavy atom. The molecule has 8 nitrogen and oxygen atoms in total. The van der Waals surface area contributed by atoms with E-state index >= 15 is 0 Å². The van der Waals surface area contributed by atoms with E-state index in [-0.39, 0.29) is 10.8 Å². The van der Waals surface area contributed by atoms with Gasteiger partial charge < -0.3 is 24.6 Å². The maximum absolute atomic E-state index is 14.7. The molecule has 2 aromatic rings. The van der Waals surface area contributed by atoms with Gasteiger partial charge in [-0.2, -0.15) is 0 Å². The van der Waals surface area contributed by atoms with Crippen LogP contribution < -0.4 is 10.7 Å². The van der Waals surface area contributed by atoms with Crippen molar-refractivity contribution in [1.82, 2.24) is 14.8 Å². The maximum atomic E-state index is 14.7. The highest BCUT2D eigenvalue weighted by Gasteiger charge is 2.41. The second-order valence-electron chi connectivity index (χ2n) is 5.63. The van der Waals surface area contributed by atoms with Crippen molar-refractivity contribution in [3.05, 3.63) is 63.0 Å². The van der Waals surface area contributed by atoms with Crippen LogP contribution in [0.3, 0.4) is 0 Å². The van der Waals surface area contributed by atoms with Crippen LogP contribution in [0, 0.1) is 11.6 Å². The number of aromatic nitrogens is 1. The van der Waals surface area contributed by atoms with Crippen LogP contribution in [-0.4, -0.2) is 45.2 Å². The smallest absolute Gasteiger partial charge is 0.276 e. The van der Waals surface area contributed by atoms with Gasteiger partial charge in [0.05, 0.1) is 28.1 Å². The van der Waals surface area contributed by atoms with Gasteiger partial charge in [0, 0.05) is 37.2 Å². The van der Waals surface area contributed by atoms with E-state index in [1.54, 1.807) is 0 Å². The molecule has 0 saturated carbocycles. The first-order chi connectivity index (χ1) is 20.5. The van der Waals surface area contributed by atoms with E-state index in [9.17, 15) is 28.3 Å². The molecule has 30 heavy (non-hydrogen) atoms. The molecule has 2 aliphatic heterocycles. The third-order valence-electron chi connectivity index (χ3n) is 3.83. The normalized spacial score (nSPS) is 39.1. The van der Waals surface area contributed by atoms with Crippen molar-refractivity contribution in [2.24, 2.45) is 0 Å². The van der Waals surface area contributed by atoms with E-state index in [0.717, 1.165) is 0 Å². The molecule has 2 N–H and O–H groups in total. The Hall–Kier alpha value is -3.27. The van der Waals surface area contributed by atoms with Gasteiger partial charge in [0.15, 0.2) is 17.6 Å². The maximum Gasteiger partial charge on any atom is 0.276 e. The van der Waals surface area contributed by atoms with Gasteiger partial charge in [-0.05, 0) is 19.3 Å². The number of hydrogen-bond acceptors (Lipinski definition) is 5. The van der Waals surface area contributed by atoms with Gasteiger partial charge >= 0.3 is 0 Å². The van der Waals surface area contributed by atoms with Crippen LogP contribution in [0.4, 0.5) is 8.78 Å². The summed E-state index contributed by atoms with van der Waals surface area (Å²) in [5.41, 5.74) is -6.52. The Morgan fingerprint density at radius 1 is 1.53 bits per heavy atom. The van der Waals surface area contributed by atoms with Crippen LogP contribution in [0.5, 0.6) is 5.75 Å². The van der Waals surface area contributed by atoms with Gasteiger partial charge in [0.25, 0.3) is 11.8 Å². The fourth-order valence-corrected chi connectivity index (χ4v) is 2.49. The molecule has 0 bridgehead atoms. The molecule has 2 amide bonds. The number of pyridine rings is 1. The van der Waals surface area contributed by atoms with Gasteiger partial charge in [-0.15, -0.1) is 0 Å². The van der Waals surface area contributed by atoms with Crippen LogP contribution in [0.1, 0.15) is 61.6 Å². The van der Waals surface area contributed by atoms with Crippen molar-refractivity contribution >= 4 is 11.8 Å². The zero-order valence-electron chi connectivity index (χ0n) is 30.3. The van der Waals surface area contributed by atoms with Crippen molar-refractivity contribution in [2.75, 3.05) is 6.56 Å². The molecular weight excluding hydrogens is 400 g/mol. The Morgan fingerprint density at radius 3 is 3.10 bits per heavy atom. The van der Waals surface area contributed by atoms with E-state index in [2.05, 4.69) is 0 Å². The van der Waals surface area contributed by atoms with Crippen molar-refractivity contribution in [3.63, 3.8) is 0 Å². The Bertz CT molecular complexity index is 1750. The number of fused-ring (bicyclic) bond motifs is 2. The molecule has 1 aromatic carbocycles. The number of rotatable bonds is 3. The largest absolute Gasteiger partial charge is 0.503 e. The second-order valence-corrected chi connectivity index (χ2v) is 5.63. The van der Waals surface area contributed by atoms with Gasteiger partial charge in [-0.1, -0.05) is 6.04 Å². The highest BCUT2D eigenvalue weighted by Crippen LogP contribution is 2.29. The monoisotopic (exact) mass is 435 g/mol. The summed E-state index contributed by atoms with van der Waals surface area (Å²) in [6.45, 7) is -15.6. The predicted octanol–water partition coefficient (Wildman–Crippen LogP) is 1.35. The lowest BCUT2D eigenvalue weighted by molar-refractivity contribution is -0.112. The molecule has 2 atom stereocenters. The van der Waals surface area contributed by atoms with Crippen molar-refractivity contribution in [3.8, 4) is 5.75 Å². The van der Waals surface area contributed by atoms with Gasteiger partial charge in [0.2, 0.25) is 5.43 Å². The van der Waals surface area contributed by atoms with Crippen molar-refractivity contribution in [2.45, 2.75) is 38.4 Å². The summed E-state index contributed by atoms with van der Waals surface area (Å²) in [4.78, 5) is 39.1. The predicted molar refractivity (Wildman–Crippen MR) is 99.9 cm³/mol. The molecule has 0 radical (unpaired) electrons. The second kappa shape index (κ2) is 7.52. The van der Waals surface area contributed by atoms with Crippen LogP contribution in [0.25, 0.3) is 0 Å². The summed E-state index contributed by atoms with van der Waals surface area (Å²) in [6.07, 6.45) is -8.00. The summed E-state index contributed by atoms with van der Waals surface area (Å²) in [5, 5.41) is 12.1. The average molecular weight is 435 g/mol. The van der Waals surface area contributed by atoms with E-state index in [1.165, 1.54) is 5.32 Å². The minimum absolute atomic E-state index is 0.0753. The van der Waals surface area contributed by atoms with Crippen molar-refractivity contribution in [1.29, 1.82) is 0 Å².